The Labute approximate surface area is 71.2 Å². The highest BCUT2D eigenvalue weighted by molar-refractivity contribution is 5.93. The summed E-state index contributed by atoms with van der Waals surface area (Å²) in [5.74, 6) is -2.25. The SMILES string of the molecule is Cc1cnc(NC(=O)C(F)(F)F)[nH]1. The van der Waals surface area contributed by atoms with Crippen molar-refractivity contribution in [2.45, 2.75) is 13.1 Å². The molecule has 7 heteroatoms. The fraction of sp³-hybridized carbons (Fsp3) is 0.333. The molecule has 0 spiro atoms. The average molecular weight is 193 g/mol. The topological polar surface area (TPSA) is 57.8 Å². The van der Waals surface area contributed by atoms with E-state index in [2.05, 4.69) is 9.97 Å². The molecule has 0 unspecified atom stereocenters. The third-order valence-corrected chi connectivity index (χ3v) is 1.19. The summed E-state index contributed by atoms with van der Waals surface area (Å²) in [6.45, 7) is 1.61. The van der Waals surface area contributed by atoms with Crippen molar-refractivity contribution < 1.29 is 18.0 Å². The highest BCUT2D eigenvalue weighted by Gasteiger charge is 2.39. The number of nitrogens with zero attached hydrogens (tertiary/aromatic N) is 1. The monoisotopic (exact) mass is 193 g/mol. The van der Waals surface area contributed by atoms with E-state index in [1.807, 2.05) is 0 Å². The Morgan fingerprint density at radius 3 is 2.62 bits per heavy atom. The molecular formula is C6H6F3N3O. The molecule has 0 fully saturated rings. The van der Waals surface area contributed by atoms with Crippen molar-refractivity contribution in [1.82, 2.24) is 9.97 Å². The second kappa shape index (κ2) is 3.08. The highest BCUT2D eigenvalue weighted by Crippen LogP contribution is 2.16. The molecule has 1 amide bonds. The minimum Gasteiger partial charge on any atom is -0.328 e. The molecule has 1 heterocycles. The summed E-state index contributed by atoms with van der Waals surface area (Å²) in [5.41, 5.74) is 0.567. The maximum atomic E-state index is 11.7. The van der Waals surface area contributed by atoms with Crippen molar-refractivity contribution in [3.05, 3.63) is 11.9 Å². The number of hydrogen-bond acceptors (Lipinski definition) is 2. The fourth-order valence-corrected chi connectivity index (χ4v) is 0.655. The maximum absolute atomic E-state index is 11.7. The largest absolute Gasteiger partial charge is 0.471 e. The van der Waals surface area contributed by atoms with Gasteiger partial charge in [0, 0.05) is 11.9 Å². The summed E-state index contributed by atoms with van der Waals surface area (Å²) < 4.78 is 35.1. The number of nitrogens with one attached hydrogen (secondary N) is 2. The van der Waals surface area contributed by atoms with Gasteiger partial charge in [-0.05, 0) is 6.92 Å². The number of hydrogen-bond donors (Lipinski definition) is 2. The van der Waals surface area contributed by atoms with E-state index in [1.54, 1.807) is 12.2 Å². The number of aromatic amines is 1. The Kier molecular flexibility index (Phi) is 2.26. The molecule has 1 aromatic heterocycles. The number of rotatable bonds is 1. The van der Waals surface area contributed by atoms with Crippen molar-refractivity contribution in [3.63, 3.8) is 0 Å². The Balaban J connectivity index is 2.65. The van der Waals surface area contributed by atoms with Crippen LogP contribution in [0.15, 0.2) is 6.20 Å². The molecule has 0 atom stereocenters. The molecule has 72 valence electrons. The molecule has 1 aromatic rings. The van der Waals surface area contributed by atoms with E-state index < -0.39 is 12.1 Å². The number of aryl methyl sites for hydroxylation is 1. The van der Waals surface area contributed by atoms with Crippen LogP contribution in [0.3, 0.4) is 0 Å². The lowest BCUT2D eigenvalue weighted by Crippen LogP contribution is -2.30. The summed E-state index contributed by atoms with van der Waals surface area (Å²) in [4.78, 5) is 16.3. The Morgan fingerprint density at radius 1 is 1.62 bits per heavy atom. The minimum atomic E-state index is -4.89. The van der Waals surface area contributed by atoms with Crippen molar-refractivity contribution in [3.8, 4) is 0 Å². The quantitative estimate of drug-likeness (QED) is 0.704. The predicted molar refractivity (Wildman–Crippen MR) is 38.0 cm³/mol. The Morgan fingerprint density at radius 2 is 2.23 bits per heavy atom. The molecule has 4 nitrogen and oxygen atoms in total. The van der Waals surface area contributed by atoms with Gasteiger partial charge in [0.25, 0.3) is 0 Å². The van der Waals surface area contributed by atoms with Crippen LogP contribution in [-0.2, 0) is 4.79 Å². The van der Waals surface area contributed by atoms with Gasteiger partial charge in [-0.2, -0.15) is 13.2 Å². The van der Waals surface area contributed by atoms with Crippen LogP contribution in [0.1, 0.15) is 5.69 Å². The third kappa shape index (κ3) is 2.46. The maximum Gasteiger partial charge on any atom is 0.471 e. The summed E-state index contributed by atoms with van der Waals surface area (Å²) in [7, 11) is 0. The van der Waals surface area contributed by atoms with Crippen LogP contribution in [-0.4, -0.2) is 22.1 Å². The average Bonchev–Trinajstić information content (AvgIpc) is 2.33. The lowest BCUT2D eigenvalue weighted by Gasteiger charge is -2.04. The second-order valence-electron chi connectivity index (χ2n) is 2.37. The van der Waals surface area contributed by atoms with E-state index in [9.17, 15) is 18.0 Å². The van der Waals surface area contributed by atoms with Gasteiger partial charge in [0.05, 0.1) is 0 Å². The third-order valence-electron chi connectivity index (χ3n) is 1.19. The van der Waals surface area contributed by atoms with Crippen molar-refractivity contribution in [2.24, 2.45) is 0 Å². The molecule has 0 bridgehead atoms. The van der Waals surface area contributed by atoms with Gasteiger partial charge < -0.3 is 4.98 Å². The van der Waals surface area contributed by atoms with Gasteiger partial charge in [0.15, 0.2) is 0 Å². The van der Waals surface area contributed by atoms with Crippen molar-refractivity contribution in [1.29, 1.82) is 0 Å². The van der Waals surface area contributed by atoms with Gasteiger partial charge in [-0.1, -0.05) is 0 Å². The summed E-state index contributed by atoms with van der Waals surface area (Å²) >= 11 is 0. The molecule has 2 N–H and O–H groups in total. The van der Waals surface area contributed by atoms with E-state index >= 15 is 0 Å². The number of aromatic nitrogens is 2. The summed E-state index contributed by atoms with van der Waals surface area (Å²) in [6.07, 6.45) is -3.58. The number of imidazole rings is 1. The highest BCUT2D eigenvalue weighted by atomic mass is 19.4. The van der Waals surface area contributed by atoms with E-state index in [4.69, 9.17) is 0 Å². The summed E-state index contributed by atoms with van der Waals surface area (Å²) in [5, 5.41) is 1.57. The first-order chi connectivity index (χ1) is 5.89. The van der Waals surface area contributed by atoms with E-state index in [-0.39, 0.29) is 5.95 Å². The van der Waals surface area contributed by atoms with Crippen molar-refractivity contribution in [2.75, 3.05) is 5.32 Å². The standard InChI is InChI=1S/C6H6F3N3O/c1-3-2-10-5(11-3)12-4(13)6(7,8)9/h2H,1H3,(H2,10,11,12,13). The number of carbonyl (C=O) groups excluding carboxylic acids is 1. The van der Waals surface area contributed by atoms with E-state index in [0.29, 0.717) is 5.69 Å². The van der Waals surface area contributed by atoms with Crippen LogP contribution in [0.2, 0.25) is 0 Å². The second-order valence-corrected chi connectivity index (χ2v) is 2.37. The number of anilines is 1. The fourth-order valence-electron chi connectivity index (χ4n) is 0.655. The van der Waals surface area contributed by atoms with E-state index in [0.717, 1.165) is 0 Å². The minimum absolute atomic E-state index is 0.208. The zero-order valence-corrected chi connectivity index (χ0v) is 6.57. The first-order valence-electron chi connectivity index (χ1n) is 3.29. The smallest absolute Gasteiger partial charge is 0.328 e. The van der Waals surface area contributed by atoms with Gasteiger partial charge in [0.2, 0.25) is 5.95 Å². The normalized spacial score (nSPS) is 11.4. The molecular weight excluding hydrogens is 187 g/mol. The van der Waals surface area contributed by atoms with Crippen LogP contribution in [0.4, 0.5) is 19.1 Å². The Hall–Kier alpha value is -1.53. The molecule has 13 heavy (non-hydrogen) atoms. The van der Waals surface area contributed by atoms with Gasteiger partial charge >= 0.3 is 12.1 Å². The van der Waals surface area contributed by atoms with Crippen LogP contribution in [0, 0.1) is 6.92 Å². The van der Waals surface area contributed by atoms with Crippen LogP contribution < -0.4 is 5.32 Å². The number of H-pyrrole nitrogens is 1. The van der Waals surface area contributed by atoms with Crippen LogP contribution in [0.5, 0.6) is 0 Å². The molecule has 0 aromatic carbocycles. The van der Waals surface area contributed by atoms with Gasteiger partial charge in [-0.15, -0.1) is 0 Å². The molecule has 0 aliphatic heterocycles. The molecule has 0 saturated carbocycles. The zero-order valence-electron chi connectivity index (χ0n) is 6.57. The molecule has 0 aliphatic rings. The summed E-state index contributed by atoms with van der Waals surface area (Å²) in [6, 6.07) is 0. The first-order valence-corrected chi connectivity index (χ1v) is 3.29. The first kappa shape index (κ1) is 9.56. The lowest BCUT2D eigenvalue weighted by molar-refractivity contribution is -0.167. The number of alkyl halides is 3. The molecule has 0 saturated heterocycles. The lowest BCUT2D eigenvalue weighted by atomic mass is 10.6. The number of amides is 1. The molecule has 0 aliphatic carbocycles. The van der Waals surface area contributed by atoms with E-state index in [1.165, 1.54) is 6.20 Å². The predicted octanol–water partition coefficient (Wildman–Crippen LogP) is 1.22. The molecule has 0 radical (unpaired) electrons. The van der Waals surface area contributed by atoms with Crippen LogP contribution in [0.25, 0.3) is 0 Å². The van der Waals surface area contributed by atoms with Gasteiger partial charge in [-0.25, -0.2) is 4.98 Å². The van der Waals surface area contributed by atoms with Crippen molar-refractivity contribution >= 4 is 11.9 Å². The van der Waals surface area contributed by atoms with Gasteiger partial charge in [-0.3, -0.25) is 10.1 Å². The molecule has 1 rings (SSSR count). The number of carbonyl (C=O) groups is 1. The van der Waals surface area contributed by atoms with Gasteiger partial charge in [0.1, 0.15) is 0 Å². The Bertz CT molecular complexity index is 317. The number of halogens is 3. The van der Waals surface area contributed by atoms with Crippen LogP contribution >= 0.6 is 0 Å². The zero-order chi connectivity index (χ0) is 10.1.